The number of hydrogen-bond donors (Lipinski definition) is 2. The van der Waals surface area contributed by atoms with Gasteiger partial charge in [-0.3, -0.25) is 0 Å². The maximum Gasteiger partial charge on any atom is 0.0815 e. The summed E-state index contributed by atoms with van der Waals surface area (Å²) in [5.74, 6) is 0. The smallest absolute Gasteiger partial charge is 0.0815 e. The molecule has 1 aromatic carbocycles. The summed E-state index contributed by atoms with van der Waals surface area (Å²) < 4.78 is 5.32. The summed E-state index contributed by atoms with van der Waals surface area (Å²) in [6.45, 7) is 4.07. The monoisotopic (exact) mass is 317 g/mol. The second-order valence-electron chi connectivity index (χ2n) is 6.04. The molecule has 0 saturated carbocycles. The Balaban J connectivity index is 1.59. The molecule has 22 heavy (non-hydrogen) atoms. The minimum atomic E-state index is -0.622. The highest BCUT2D eigenvalue weighted by Crippen LogP contribution is 2.26. The van der Waals surface area contributed by atoms with Gasteiger partial charge in [-0.25, -0.2) is 0 Å². The molecule has 0 bridgehead atoms. The van der Waals surface area contributed by atoms with Crippen LogP contribution in [0, 0.1) is 0 Å². The molecule has 3 rings (SSSR count). The van der Waals surface area contributed by atoms with E-state index in [4.69, 9.17) is 4.74 Å². The Bertz CT molecular complexity index is 574. The molecule has 3 nitrogen and oxygen atoms in total. The van der Waals surface area contributed by atoms with Gasteiger partial charge in [-0.15, -0.1) is 11.3 Å². The second-order valence-corrected chi connectivity index (χ2v) is 6.99. The van der Waals surface area contributed by atoms with Gasteiger partial charge in [0.25, 0.3) is 0 Å². The van der Waals surface area contributed by atoms with E-state index in [1.165, 1.54) is 16.0 Å². The lowest BCUT2D eigenvalue weighted by atomic mass is 9.93. The molecule has 0 spiro atoms. The molecule has 2 N–H and O–H groups in total. The Morgan fingerprint density at radius 2 is 1.95 bits per heavy atom. The lowest BCUT2D eigenvalue weighted by molar-refractivity contribution is -0.0626. The standard InChI is InChI=1S/C18H23NO2S/c1-14(19-13-18(20)8-10-21-11-9-18)15-4-6-16(7-5-15)17-3-2-12-22-17/h2-7,12,14,19-20H,8-11,13H2,1H3. The molecule has 0 aliphatic carbocycles. The number of aliphatic hydroxyl groups is 1. The average molecular weight is 317 g/mol. The van der Waals surface area contributed by atoms with Crippen LogP contribution in [-0.2, 0) is 4.74 Å². The minimum absolute atomic E-state index is 0.226. The quantitative estimate of drug-likeness (QED) is 0.885. The third-order valence-electron chi connectivity index (χ3n) is 4.38. The van der Waals surface area contributed by atoms with Crippen LogP contribution in [0.4, 0.5) is 0 Å². The number of rotatable bonds is 5. The normalized spacial score (nSPS) is 19.0. The van der Waals surface area contributed by atoms with Crippen LogP contribution in [0.15, 0.2) is 41.8 Å². The summed E-state index contributed by atoms with van der Waals surface area (Å²) in [6.07, 6.45) is 1.42. The number of hydrogen-bond acceptors (Lipinski definition) is 4. The van der Waals surface area contributed by atoms with Gasteiger partial charge in [-0.1, -0.05) is 30.3 Å². The Kier molecular flexibility index (Phi) is 4.93. The summed E-state index contributed by atoms with van der Waals surface area (Å²) in [5.41, 5.74) is 1.88. The van der Waals surface area contributed by atoms with E-state index in [1.807, 2.05) is 0 Å². The molecule has 0 amide bonds. The topological polar surface area (TPSA) is 41.5 Å². The van der Waals surface area contributed by atoms with Crippen LogP contribution in [-0.4, -0.2) is 30.5 Å². The minimum Gasteiger partial charge on any atom is -0.388 e. The van der Waals surface area contributed by atoms with Crippen molar-refractivity contribution in [2.24, 2.45) is 0 Å². The van der Waals surface area contributed by atoms with Crippen LogP contribution in [0.3, 0.4) is 0 Å². The van der Waals surface area contributed by atoms with Crippen molar-refractivity contribution in [1.29, 1.82) is 0 Å². The van der Waals surface area contributed by atoms with Crippen molar-refractivity contribution in [1.82, 2.24) is 5.32 Å². The molecule has 118 valence electrons. The van der Waals surface area contributed by atoms with Crippen molar-refractivity contribution in [2.75, 3.05) is 19.8 Å². The molecule has 4 heteroatoms. The van der Waals surface area contributed by atoms with E-state index in [2.05, 4.69) is 54.0 Å². The highest BCUT2D eigenvalue weighted by Gasteiger charge is 2.29. The molecule has 0 radical (unpaired) electrons. The maximum atomic E-state index is 10.5. The third-order valence-corrected chi connectivity index (χ3v) is 5.30. The predicted molar refractivity (Wildman–Crippen MR) is 91.2 cm³/mol. The zero-order valence-corrected chi connectivity index (χ0v) is 13.7. The van der Waals surface area contributed by atoms with Crippen LogP contribution >= 0.6 is 11.3 Å². The van der Waals surface area contributed by atoms with Gasteiger partial charge in [0.1, 0.15) is 0 Å². The Morgan fingerprint density at radius 1 is 1.23 bits per heavy atom. The first-order valence-corrected chi connectivity index (χ1v) is 8.72. The van der Waals surface area contributed by atoms with E-state index in [0.29, 0.717) is 32.6 Å². The van der Waals surface area contributed by atoms with Crippen molar-refractivity contribution in [2.45, 2.75) is 31.4 Å². The molecular weight excluding hydrogens is 294 g/mol. The van der Waals surface area contributed by atoms with Crippen LogP contribution < -0.4 is 5.32 Å². The van der Waals surface area contributed by atoms with E-state index in [9.17, 15) is 5.11 Å². The Hall–Kier alpha value is -1.20. The second kappa shape index (κ2) is 6.92. The highest BCUT2D eigenvalue weighted by molar-refractivity contribution is 7.13. The molecular formula is C18H23NO2S. The van der Waals surface area contributed by atoms with Crippen LogP contribution in [0.2, 0.25) is 0 Å². The number of ether oxygens (including phenoxy) is 1. The summed E-state index contributed by atoms with van der Waals surface area (Å²) >= 11 is 1.76. The van der Waals surface area contributed by atoms with Crippen LogP contribution in [0.5, 0.6) is 0 Å². The lowest BCUT2D eigenvalue weighted by Gasteiger charge is -2.33. The molecule has 1 unspecified atom stereocenters. The summed E-state index contributed by atoms with van der Waals surface area (Å²) in [6, 6.07) is 13.1. The largest absolute Gasteiger partial charge is 0.388 e. The molecule has 1 aliphatic heterocycles. The first-order chi connectivity index (χ1) is 10.7. The van der Waals surface area contributed by atoms with Gasteiger partial charge in [0.05, 0.1) is 5.60 Å². The van der Waals surface area contributed by atoms with E-state index in [1.54, 1.807) is 11.3 Å². The SMILES string of the molecule is CC(NCC1(O)CCOCC1)c1ccc(-c2cccs2)cc1. The fourth-order valence-corrected chi connectivity index (χ4v) is 3.50. The van der Waals surface area contributed by atoms with Gasteiger partial charge in [-0.2, -0.15) is 0 Å². The van der Waals surface area contributed by atoms with E-state index in [0.717, 1.165) is 0 Å². The third kappa shape index (κ3) is 3.76. The fourth-order valence-electron chi connectivity index (χ4n) is 2.77. The molecule has 2 aromatic rings. The zero-order valence-electron chi connectivity index (χ0n) is 12.9. The van der Waals surface area contributed by atoms with E-state index in [-0.39, 0.29) is 6.04 Å². The Labute approximate surface area is 136 Å². The summed E-state index contributed by atoms with van der Waals surface area (Å²) in [5, 5.41) is 16.1. The van der Waals surface area contributed by atoms with Crippen molar-refractivity contribution < 1.29 is 9.84 Å². The van der Waals surface area contributed by atoms with Gasteiger partial charge in [-0.05, 0) is 29.5 Å². The van der Waals surface area contributed by atoms with Crippen LogP contribution in [0.1, 0.15) is 31.4 Å². The lowest BCUT2D eigenvalue weighted by Crippen LogP contribution is -2.45. The van der Waals surface area contributed by atoms with E-state index >= 15 is 0 Å². The van der Waals surface area contributed by atoms with Gasteiger partial charge in [0.2, 0.25) is 0 Å². The highest BCUT2D eigenvalue weighted by atomic mass is 32.1. The molecule has 1 aromatic heterocycles. The molecule has 1 fully saturated rings. The summed E-state index contributed by atoms with van der Waals surface area (Å²) in [7, 11) is 0. The van der Waals surface area contributed by atoms with Gasteiger partial charge < -0.3 is 15.2 Å². The molecule has 1 saturated heterocycles. The number of nitrogens with one attached hydrogen (secondary N) is 1. The Morgan fingerprint density at radius 3 is 2.59 bits per heavy atom. The molecule has 2 heterocycles. The molecule has 1 aliphatic rings. The average Bonchev–Trinajstić information content (AvgIpc) is 3.08. The van der Waals surface area contributed by atoms with Crippen molar-refractivity contribution in [3.8, 4) is 10.4 Å². The van der Waals surface area contributed by atoms with Crippen molar-refractivity contribution in [3.05, 3.63) is 47.3 Å². The number of thiophene rings is 1. The maximum absolute atomic E-state index is 10.5. The first-order valence-electron chi connectivity index (χ1n) is 7.84. The summed E-state index contributed by atoms with van der Waals surface area (Å²) in [4.78, 5) is 1.30. The van der Waals surface area contributed by atoms with E-state index < -0.39 is 5.60 Å². The van der Waals surface area contributed by atoms with Gasteiger partial charge in [0, 0.05) is 43.5 Å². The van der Waals surface area contributed by atoms with Gasteiger partial charge in [0.15, 0.2) is 0 Å². The fraction of sp³-hybridized carbons (Fsp3) is 0.444. The van der Waals surface area contributed by atoms with Crippen LogP contribution in [0.25, 0.3) is 10.4 Å². The number of benzene rings is 1. The van der Waals surface area contributed by atoms with Gasteiger partial charge >= 0.3 is 0 Å². The van der Waals surface area contributed by atoms with Crippen molar-refractivity contribution >= 4 is 11.3 Å². The molecule has 1 atom stereocenters. The first kappa shape index (κ1) is 15.7. The predicted octanol–water partition coefficient (Wildman–Crippen LogP) is 3.61. The zero-order chi connectivity index (χ0) is 15.4. The van der Waals surface area contributed by atoms with Crippen molar-refractivity contribution in [3.63, 3.8) is 0 Å².